The number of pyridine rings is 1. The first-order chi connectivity index (χ1) is 15.5. The molecule has 3 heterocycles. The Balaban J connectivity index is 1.32. The van der Waals surface area contributed by atoms with E-state index in [-0.39, 0.29) is 35.5 Å². The van der Waals surface area contributed by atoms with E-state index in [9.17, 15) is 19.1 Å². The monoisotopic (exact) mass is 438 g/mol. The van der Waals surface area contributed by atoms with Gasteiger partial charge in [-0.05, 0) is 36.6 Å². The molecule has 0 saturated carbocycles. The Morgan fingerprint density at radius 2 is 2.12 bits per heavy atom. The van der Waals surface area contributed by atoms with Crippen molar-refractivity contribution in [2.75, 3.05) is 19.6 Å². The van der Waals surface area contributed by atoms with Crippen LogP contribution in [0.15, 0.2) is 53.3 Å². The van der Waals surface area contributed by atoms with Crippen molar-refractivity contribution in [1.29, 1.82) is 0 Å². The van der Waals surface area contributed by atoms with Crippen LogP contribution >= 0.6 is 0 Å². The molecule has 1 fully saturated rings. The van der Waals surface area contributed by atoms with Crippen molar-refractivity contribution in [3.8, 4) is 5.75 Å². The largest absolute Gasteiger partial charge is 0.506 e. The Morgan fingerprint density at radius 1 is 1.25 bits per heavy atom. The summed E-state index contributed by atoms with van der Waals surface area (Å²) in [7, 11) is 0. The van der Waals surface area contributed by atoms with Crippen molar-refractivity contribution in [2.24, 2.45) is 0 Å². The standard InChI is InChI=1S/C23H23FN4O4/c24-18-5-1-3-15(7-18)8-20-12-27-23(32-20)16-4-2-6-28(14-16)21(30)13-26-22(31)17-9-19(29)11-25-10-17/h1,3,5,7,9-12,16,29H,2,4,6,8,13-14H2,(H,26,31). The Kier molecular flexibility index (Phi) is 6.44. The molecule has 0 aliphatic carbocycles. The minimum atomic E-state index is -0.481. The lowest BCUT2D eigenvalue weighted by molar-refractivity contribution is -0.131. The van der Waals surface area contributed by atoms with E-state index in [2.05, 4.69) is 15.3 Å². The first-order valence-corrected chi connectivity index (χ1v) is 10.4. The van der Waals surface area contributed by atoms with Crippen molar-refractivity contribution in [3.63, 3.8) is 0 Å². The number of amides is 2. The van der Waals surface area contributed by atoms with Crippen LogP contribution in [0.1, 0.15) is 46.3 Å². The van der Waals surface area contributed by atoms with Crippen LogP contribution < -0.4 is 5.32 Å². The third-order valence-corrected chi connectivity index (χ3v) is 5.35. The molecule has 0 spiro atoms. The van der Waals surface area contributed by atoms with Gasteiger partial charge in [0, 0.05) is 25.7 Å². The number of likely N-dealkylation sites (tertiary alicyclic amines) is 1. The predicted octanol–water partition coefficient (Wildman–Crippen LogP) is 2.64. The van der Waals surface area contributed by atoms with Crippen molar-refractivity contribution in [3.05, 3.63) is 77.5 Å². The molecule has 3 aromatic rings. The number of nitrogens with zero attached hydrogens (tertiary/aromatic N) is 3. The molecule has 1 atom stereocenters. The van der Waals surface area contributed by atoms with Gasteiger partial charge in [0.05, 0.1) is 30.4 Å². The van der Waals surface area contributed by atoms with E-state index in [4.69, 9.17) is 4.42 Å². The summed E-state index contributed by atoms with van der Waals surface area (Å²) in [5, 5.41) is 12.0. The van der Waals surface area contributed by atoms with Crippen LogP contribution in [-0.4, -0.2) is 51.4 Å². The summed E-state index contributed by atoms with van der Waals surface area (Å²) in [5.74, 6) is 0.0547. The molecular formula is C23H23FN4O4. The van der Waals surface area contributed by atoms with E-state index in [1.54, 1.807) is 17.2 Å². The number of piperidine rings is 1. The quantitative estimate of drug-likeness (QED) is 0.613. The Bertz CT molecular complexity index is 1120. The van der Waals surface area contributed by atoms with Gasteiger partial charge in [0.15, 0.2) is 5.89 Å². The number of rotatable bonds is 6. The van der Waals surface area contributed by atoms with Gasteiger partial charge in [0.25, 0.3) is 5.91 Å². The number of oxazole rings is 1. The van der Waals surface area contributed by atoms with Gasteiger partial charge in [-0.2, -0.15) is 0 Å². The third kappa shape index (κ3) is 5.29. The minimum Gasteiger partial charge on any atom is -0.506 e. The fraction of sp³-hybridized carbons (Fsp3) is 0.304. The van der Waals surface area contributed by atoms with Crippen molar-refractivity contribution in [2.45, 2.75) is 25.2 Å². The highest BCUT2D eigenvalue weighted by molar-refractivity contribution is 5.96. The zero-order chi connectivity index (χ0) is 22.5. The van der Waals surface area contributed by atoms with Gasteiger partial charge in [-0.1, -0.05) is 12.1 Å². The summed E-state index contributed by atoms with van der Waals surface area (Å²) < 4.78 is 19.3. The molecule has 166 valence electrons. The fourth-order valence-electron chi connectivity index (χ4n) is 3.77. The molecule has 1 unspecified atom stereocenters. The van der Waals surface area contributed by atoms with Crippen LogP contribution in [0.5, 0.6) is 5.75 Å². The van der Waals surface area contributed by atoms with E-state index >= 15 is 0 Å². The number of benzene rings is 1. The average Bonchev–Trinajstić information content (AvgIpc) is 3.26. The van der Waals surface area contributed by atoms with Crippen molar-refractivity contribution >= 4 is 11.8 Å². The lowest BCUT2D eigenvalue weighted by atomic mass is 9.98. The normalized spacial score (nSPS) is 16.0. The van der Waals surface area contributed by atoms with E-state index in [1.165, 1.54) is 30.6 Å². The lowest BCUT2D eigenvalue weighted by Crippen LogP contribution is -2.44. The first-order valence-electron chi connectivity index (χ1n) is 10.4. The van der Waals surface area contributed by atoms with Gasteiger partial charge in [0.2, 0.25) is 5.91 Å². The summed E-state index contributed by atoms with van der Waals surface area (Å²) in [4.78, 5) is 34.6. The van der Waals surface area contributed by atoms with E-state index in [0.29, 0.717) is 31.2 Å². The molecular weight excluding hydrogens is 415 g/mol. The van der Waals surface area contributed by atoms with Gasteiger partial charge in [0.1, 0.15) is 17.3 Å². The molecule has 8 nitrogen and oxygen atoms in total. The van der Waals surface area contributed by atoms with Crippen LogP contribution in [0, 0.1) is 5.82 Å². The molecule has 0 bridgehead atoms. The first kappa shape index (κ1) is 21.5. The zero-order valence-corrected chi connectivity index (χ0v) is 17.3. The van der Waals surface area contributed by atoms with Gasteiger partial charge in [-0.15, -0.1) is 0 Å². The second-order valence-electron chi connectivity index (χ2n) is 7.76. The number of halogens is 1. The van der Waals surface area contributed by atoms with Crippen LogP contribution in [0.4, 0.5) is 4.39 Å². The van der Waals surface area contributed by atoms with E-state index in [1.807, 2.05) is 6.07 Å². The number of nitrogens with one attached hydrogen (secondary N) is 1. The van der Waals surface area contributed by atoms with Crippen LogP contribution in [0.2, 0.25) is 0 Å². The van der Waals surface area contributed by atoms with Crippen molar-refractivity contribution in [1.82, 2.24) is 20.2 Å². The Morgan fingerprint density at radius 3 is 2.94 bits per heavy atom. The maximum atomic E-state index is 13.4. The van der Waals surface area contributed by atoms with Gasteiger partial charge in [-0.25, -0.2) is 9.37 Å². The number of hydrogen-bond donors (Lipinski definition) is 2. The summed E-state index contributed by atoms with van der Waals surface area (Å²) in [6.45, 7) is 0.885. The van der Waals surface area contributed by atoms with Gasteiger partial charge >= 0.3 is 0 Å². The maximum Gasteiger partial charge on any atom is 0.253 e. The summed E-state index contributed by atoms with van der Waals surface area (Å²) in [6.07, 6.45) is 6.26. The number of hydrogen-bond acceptors (Lipinski definition) is 6. The van der Waals surface area contributed by atoms with E-state index in [0.717, 1.165) is 18.4 Å². The Hall–Kier alpha value is -3.75. The molecule has 1 aromatic carbocycles. The topological polar surface area (TPSA) is 109 Å². The van der Waals surface area contributed by atoms with Gasteiger partial charge < -0.3 is 19.7 Å². The summed E-state index contributed by atoms with van der Waals surface area (Å²) >= 11 is 0. The number of carbonyl (C=O) groups is 2. The minimum absolute atomic E-state index is 0.0417. The van der Waals surface area contributed by atoms with Crippen molar-refractivity contribution < 1.29 is 23.5 Å². The van der Waals surface area contributed by atoms with Crippen LogP contribution in [0.3, 0.4) is 0 Å². The molecule has 1 saturated heterocycles. The molecule has 1 aliphatic rings. The molecule has 1 aliphatic heterocycles. The molecule has 32 heavy (non-hydrogen) atoms. The maximum absolute atomic E-state index is 13.4. The smallest absolute Gasteiger partial charge is 0.253 e. The van der Waals surface area contributed by atoms with Crippen LogP contribution in [-0.2, 0) is 11.2 Å². The molecule has 2 aromatic heterocycles. The highest BCUT2D eigenvalue weighted by Gasteiger charge is 2.28. The number of aromatic nitrogens is 2. The number of aromatic hydroxyl groups is 1. The average molecular weight is 438 g/mol. The molecule has 2 amide bonds. The molecule has 9 heteroatoms. The Labute approximate surface area is 184 Å². The third-order valence-electron chi connectivity index (χ3n) is 5.35. The van der Waals surface area contributed by atoms with E-state index < -0.39 is 5.91 Å². The second-order valence-corrected chi connectivity index (χ2v) is 7.76. The highest BCUT2D eigenvalue weighted by Crippen LogP contribution is 2.27. The van der Waals surface area contributed by atoms with Crippen LogP contribution in [0.25, 0.3) is 0 Å². The van der Waals surface area contributed by atoms with Gasteiger partial charge in [-0.3, -0.25) is 14.6 Å². The molecule has 2 N–H and O–H groups in total. The second kappa shape index (κ2) is 9.59. The highest BCUT2D eigenvalue weighted by atomic mass is 19.1. The molecule has 4 rings (SSSR count). The number of carbonyl (C=O) groups excluding carboxylic acids is 2. The lowest BCUT2D eigenvalue weighted by Gasteiger charge is -2.31. The zero-order valence-electron chi connectivity index (χ0n) is 17.3. The molecule has 0 radical (unpaired) electrons. The summed E-state index contributed by atoms with van der Waals surface area (Å²) in [6, 6.07) is 7.62. The summed E-state index contributed by atoms with van der Waals surface area (Å²) in [5.41, 5.74) is 0.978. The fourth-order valence-corrected chi connectivity index (χ4v) is 3.77. The predicted molar refractivity (Wildman–Crippen MR) is 112 cm³/mol. The SMILES string of the molecule is O=C(NCC(=O)N1CCCC(c2ncc(Cc3cccc(F)c3)o2)C1)c1cncc(O)c1.